The van der Waals surface area contributed by atoms with Crippen molar-refractivity contribution in [1.29, 1.82) is 0 Å². The summed E-state index contributed by atoms with van der Waals surface area (Å²) in [5, 5.41) is 2.22. The third-order valence-electron chi connectivity index (χ3n) is 4.81. The summed E-state index contributed by atoms with van der Waals surface area (Å²) in [6.07, 6.45) is 2.98. The fourth-order valence-corrected chi connectivity index (χ4v) is 4.37. The van der Waals surface area contributed by atoms with E-state index in [1.807, 2.05) is 17.5 Å². The first-order valence-corrected chi connectivity index (χ1v) is 9.71. The third-order valence-corrected chi connectivity index (χ3v) is 5.81. The Kier molecular flexibility index (Phi) is 4.26. The van der Waals surface area contributed by atoms with Crippen LogP contribution in [-0.2, 0) is 18.4 Å². The first kappa shape index (κ1) is 16.6. The third kappa shape index (κ3) is 3.29. The molecule has 2 aromatic heterocycles. The van der Waals surface area contributed by atoms with Crippen molar-refractivity contribution in [2.75, 3.05) is 6.54 Å². The Morgan fingerprint density at radius 1 is 1.20 bits per heavy atom. The maximum Gasteiger partial charge on any atom is 0.208 e. The van der Waals surface area contributed by atoms with E-state index < -0.39 is 0 Å². The molecule has 1 aliphatic heterocycles. The van der Waals surface area contributed by atoms with E-state index in [1.54, 1.807) is 0 Å². The van der Waals surface area contributed by atoms with E-state index in [1.165, 1.54) is 16.0 Å². The van der Waals surface area contributed by atoms with Gasteiger partial charge in [-0.3, -0.25) is 4.90 Å². The first-order valence-electron chi connectivity index (χ1n) is 8.83. The Morgan fingerprint density at radius 2 is 2.00 bits per heavy atom. The highest BCUT2D eigenvalue weighted by atomic mass is 32.1. The van der Waals surface area contributed by atoms with Crippen LogP contribution in [0.25, 0.3) is 0 Å². The quantitative estimate of drug-likeness (QED) is 0.650. The van der Waals surface area contributed by atoms with Crippen molar-refractivity contribution in [3.8, 4) is 0 Å². The smallest absolute Gasteiger partial charge is 0.208 e. The van der Waals surface area contributed by atoms with Gasteiger partial charge in [0.05, 0.1) is 18.8 Å². The minimum atomic E-state index is -0.00743. The van der Waals surface area contributed by atoms with E-state index in [-0.39, 0.29) is 11.5 Å². The van der Waals surface area contributed by atoms with Crippen LogP contribution in [-0.4, -0.2) is 16.4 Å². The molecule has 1 atom stereocenters. The van der Waals surface area contributed by atoms with Crippen molar-refractivity contribution in [3.05, 3.63) is 75.6 Å². The van der Waals surface area contributed by atoms with E-state index in [0.717, 1.165) is 31.2 Å². The zero-order valence-electron chi connectivity index (χ0n) is 15.0. The van der Waals surface area contributed by atoms with Gasteiger partial charge >= 0.3 is 0 Å². The van der Waals surface area contributed by atoms with Gasteiger partial charge in [-0.25, -0.2) is 4.98 Å². The molecule has 4 heteroatoms. The Balaban J connectivity index is 1.65. The highest BCUT2D eigenvalue weighted by Gasteiger charge is 2.31. The van der Waals surface area contributed by atoms with Gasteiger partial charge in [0.2, 0.25) is 5.89 Å². The van der Waals surface area contributed by atoms with Crippen LogP contribution in [0.3, 0.4) is 0 Å². The van der Waals surface area contributed by atoms with Crippen LogP contribution in [0, 0.1) is 0 Å². The maximum absolute atomic E-state index is 6.05. The molecule has 0 aliphatic carbocycles. The molecule has 4 rings (SSSR count). The van der Waals surface area contributed by atoms with Crippen molar-refractivity contribution < 1.29 is 4.42 Å². The van der Waals surface area contributed by atoms with E-state index in [2.05, 4.69) is 72.4 Å². The molecular weight excluding hydrogens is 328 g/mol. The lowest BCUT2D eigenvalue weighted by Crippen LogP contribution is -2.35. The molecule has 0 N–H and O–H groups in total. The maximum atomic E-state index is 6.05. The topological polar surface area (TPSA) is 29.3 Å². The summed E-state index contributed by atoms with van der Waals surface area (Å²) in [6, 6.07) is 13.3. The molecule has 0 fully saturated rings. The summed E-state index contributed by atoms with van der Waals surface area (Å²) >= 11 is 1.87. The molecular formula is C21H24N2OS. The second kappa shape index (κ2) is 6.43. The largest absolute Gasteiger partial charge is 0.444 e. The first-order chi connectivity index (χ1) is 12.0. The predicted octanol–water partition coefficient (Wildman–Crippen LogP) is 5.18. The summed E-state index contributed by atoms with van der Waals surface area (Å²) < 4.78 is 6.05. The molecule has 25 heavy (non-hydrogen) atoms. The van der Waals surface area contributed by atoms with Crippen LogP contribution >= 0.6 is 11.3 Å². The molecule has 0 spiro atoms. The molecule has 0 saturated heterocycles. The van der Waals surface area contributed by atoms with Crippen molar-refractivity contribution in [2.24, 2.45) is 0 Å². The van der Waals surface area contributed by atoms with Gasteiger partial charge in [0.15, 0.2) is 0 Å². The fraction of sp³-hybridized carbons (Fsp3) is 0.381. The summed E-state index contributed by atoms with van der Waals surface area (Å²) in [4.78, 5) is 8.54. The predicted molar refractivity (Wildman–Crippen MR) is 102 cm³/mol. The number of rotatable bonds is 3. The number of hydrogen-bond acceptors (Lipinski definition) is 4. The van der Waals surface area contributed by atoms with Gasteiger partial charge in [-0.2, -0.15) is 0 Å². The van der Waals surface area contributed by atoms with Crippen LogP contribution in [0.5, 0.6) is 0 Å². The van der Waals surface area contributed by atoms with Gasteiger partial charge < -0.3 is 4.42 Å². The SMILES string of the molecule is CC(C)(C)c1cnc(CN2CCc3sccc3C2c2ccccc2)o1. The van der Waals surface area contributed by atoms with Crippen LogP contribution < -0.4 is 0 Å². The van der Waals surface area contributed by atoms with Crippen LogP contribution in [0.1, 0.15) is 54.5 Å². The minimum Gasteiger partial charge on any atom is -0.444 e. The zero-order chi connectivity index (χ0) is 17.4. The van der Waals surface area contributed by atoms with Crippen LogP contribution in [0.15, 0.2) is 52.4 Å². The second-order valence-corrected chi connectivity index (χ2v) is 8.70. The molecule has 0 amide bonds. The lowest BCUT2D eigenvalue weighted by molar-refractivity contribution is 0.183. The molecule has 130 valence electrons. The molecule has 0 saturated carbocycles. The monoisotopic (exact) mass is 352 g/mol. The number of oxazole rings is 1. The van der Waals surface area contributed by atoms with Crippen LogP contribution in [0.4, 0.5) is 0 Å². The van der Waals surface area contributed by atoms with Gasteiger partial charge in [-0.1, -0.05) is 51.1 Å². The molecule has 3 aromatic rings. The summed E-state index contributed by atoms with van der Waals surface area (Å²) in [6.45, 7) is 8.24. The normalized spacial score (nSPS) is 18.3. The fourth-order valence-electron chi connectivity index (χ4n) is 3.47. The minimum absolute atomic E-state index is 0.00743. The molecule has 3 heterocycles. The molecule has 0 bridgehead atoms. The average molecular weight is 353 g/mol. The Labute approximate surface area is 153 Å². The second-order valence-electron chi connectivity index (χ2n) is 7.70. The van der Waals surface area contributed by atoms with Crippen molar-refractivity contribution in [2.45, 2.75) is 45.2 Å². The van der Waals surface area contributed by atoms with E-state index >= 15 is 0 Å². The van der Waals surface area contributed by atoms with Gasteiger partial charge in [0.25, 0.3) is 0 Å². The number of aromatic nitrogens is 1. The number of thiophene rings is 1. The van der Waals surface area contributed by atoms with E-state index in [9.17, 15) is 0 Å². The van der Waals surface area contributed by atoms with Gasteiger partial charge in [0.1, 0.15) is 5.76 Å². The van der Waals surface area contributed by atoms with E-state index in [0.29, 0.717) is 0 Å². The van der Waals surface area contributed by atoms with Gasteiger partial charge in [-0.05, 0) is 29.0 Å². The summed E-state index contributed by atoms with van der Waals surface area (Å²) in [5.74, 6) is 1.76. The molecule has 1 aliphatic rings. The number of fused-ring (bicyclic) bond motifs is 1. The zero-order valence-corrected chi connectivity index (χ0v) is 15.8. The Hall–Kier alpha value is -1.91. The molecule has 1 aromatic carbocycles. The van der Waals surface area contributed by atoms with Gasteiger partial charge in [0, 0.05) is 16.8 Å². The Morgan fingerprint density at radius 3 is 2.72 bits per heavy atom. The summed E-state index contributed by atoms with van der Waals surface area (Å²) in [7, 11) is 0. The number of benzene rings is 1. The summed E-state index contributed by atoms with van der Waals surface area (Å²) in [5.41, 5.74) is 2.77. The molecule has 1 unspecified atom stereocenters. The van der Waals surface area contributed by atoms with Gasteiger partial charge in [-0.15, -0.1) is 11.3 Å². The van der Waals surface area contributed by atoms with Crippen LogP contribution in [0.2, 0.25) is 0 Å². The highest BCUT2D eigenvalue weighted by Crippen LogP contribution is 2.38. The lowest BCUT2D eigenvalue weighted by Gasteiger charge is -2.35. The van der Waals surface area contributed by atoms with Crippen molar-refractivity contribution in [3.63, 3.8) is 0 Å². The van der Waals surface area contributed by atoms with Crippen molar-refractivity contribution in [1.82, 2.24) is 9.88 Å². The van der Waals surface area contributed by atoms with E-state index in [4.69, 9.17) is 4.42 Å². The molecule has 3 nitrogen and oxygen atoms in total. The number of hydrogen-bond donors (Lipinski definition) is 0. The number of nitrogens with zero attached hydrogens (tertiary/aromatic N) is 2. The highest BCUT2D eigenvalue weighted by molar-refractivity contribution is 7.10. The Bertz CT molecular complexity index is 844. The standard InChI is InChI=1S/C21H24N2OS/c1-21(2,3)18-13-22-19(24-18)14-23-11-9-17-16(10-12-25-17)20(23)15-7-5-4-6-8-15/h4-8,10,12-13,20H,9,11,14H2,1-3H3. The molecule has 0 radical (unpaired) electrons. The average Bonchev–Trinajstić information content (AvgIpc) is 3.24. The van der Waals surface area contributed by atoms with Crippen molar-refractivity contribution >= 4 is 11.3 Å². The lowest BCUT2D eigenvalue weighted by atomic mass is 9.93.